The molecule has 0 spiro atoms. The molecule has 0 bridgehead atoms. The second-order valence-corrected chi connectivity index (χ2v) is 6.11. The third-order valence-corrected chi connectivity index (χ3v) is 4.20. The fraction of sp³-hybridized carbons (Fsp3) is 0.158. The van der Waals surface area contributed by atoms with Crippen molar-refractivity contribution in [3.63, 3.8) is 0 Å². The summed E-state index contributed by atoms with van der Waals surface area (Å²) in [7, 11) is 1.87. The Labute approximate surface area is 150 Å². The smallest absolute Gasteiger partial charge is 0.270 e. The van der Waals surface area contributed by atoms with Gasteiger partial charge in [-0.25, -0.2) is 4.98 Å². The average Bonchev–Trinajstić information content (AvgIpc) is 3.22. The number of pyridine rings is 2. The van der Waals surface area contributed by atoms with Gasteiger partial charge >= 0.3 is 0 Å². The second kappa shape index (κ2) is 6.44. The summed E-state index contributed by atoms with van der Waals surface area (Å²) in [6.07, 6.45) is 7.30. The van der Waals surface area contributed by atoms with Gasteiger partial charge in [0.25, 0.3) is 5.91 Å². The van der Waals surface area contributed by atoms with Crippen LogP contribution >= 0.6 is 0 Å². The maximum atomic E-state index is 12.6. The van der Waals surface area contributed by atoms with Gasteiger partial charge in [-0.2, -0.15) is 5.10 Å². The number of carbonyl (C=O) groups excluding carboxylic acids is 1. The van der Waals surface area contributed by atoms with E-state index in [1.165, 1.54) is 0 Å². The molecule has 130 valence electrons. The van der Waals surface area contributed by atoms with Gasteiger partial charge in [0, 0.05) is 37.7 Å². The summed E-state index contributed by atoms with van der Waals surface area (Å²) in [5.74, 6) is -0.155. The van der Waals surface area contributed by atoms with E-state index in [9.17, 15) is 4.79 Å². The molecule has 0 aliphatic carbocycles. The number of rotatable bonds is 4. The SMILES string of the molecule is Cc1nc2ccccn2c1C(=O)NCc1ccc(-c2cnn(C)c2)nc1. The number of fused-ring (bicyclic) bond motifs is 1. The Hall–Kier alpha value is -3.48. The molecule has 0 aliphatic rings. The number of hydrogen-bond acceptors (Lipinski definition) is 4. The Morgan fingerprint density at radius 2 is 2.08 bits per heavy atom. The van der Waals surface area contributed by atoms with Crippen LogP contribution in [0.4, 0.5) is 0 Å². The summed E-state index contributed by atoms with van der Waals surface area (Å²) in [6.45, 7) is 2.24. The maximum absolute atomic E-state index is 12.6. The molecule has 0 aliphatic heterocycles. The van der Waals surface area contributed by atoms with Crippen LogP contribution in [0, 0.1) is 6.92 Å². The minimum Gasteiger partial charge on any atom is -0.347 e. The first-order chi connectivity index (χ1) is 12.6. The molecule has 1 amide bonds. The number of aryl methyl sites for hydroxylation is 2. The van der Waals surface area contributed by atoms with Crippen LogP contribution in [0.15, 0.2) is 55.1 Å². The minimum atomic E-state index is -0.155. The van der Waals surface area contributed by atoms with E-state index < -0.39 is 0 Å². The summed E-state index contributed by atoms with van der Waals surface area (Å²) in [4.78, 5) is 21.5. The van der Waals surface area contributed by atoms with Crippen LogP contribution < -0.4 is 5.32 Å². The van der Waals surface area contributed by atoms with E-state index >= 15 is 0 Å². The molecule has 0 saturated carbocycles. The fourth-order valence-corrected chi connectivity index (χ4v) is 2.91. The highest BCUT2D eigenvalue weighted by atomic mass is 16.1. The van der Waals surface area contributed by atoms with Crippen molar-refractivity contribution in [1.82, 2.24) is 29.5 Å². The molecule has 7 heteroatoms. The highest BCUT2D eigenvalue weighted by molar-refractivity contribution is 5.94. The summed E-state index contributed by atoms with van der Waals surface area (Å²) >= 11 is 0. The first-order valence-electron chi connectivity index (χ1n) is 8.27. The fourth-order valence-electron chi connectivity index (χ4n) is 2.91. The van der Waals surface area contributed by atoms with Gasteiger partial charge in [-0.05, 0) is 30.7 Å². The predicted octanol–water partition coefficient (Wildman–Crippen LogP) is 2.37. The molecule has 7 nitrogen and oxygen atoms in total. The molecule has 26 heavy (non-hydrogen) atoms. The van der Waals surface area contributed by atoms with Crippen LogP contribution in [0.5, 0.6) is 0 Å². The van der Waals surface area contributed by atoms with Gasteiger partial charge < -0.3 is 5.32 Å². The van der Waals surface area contributed by atoms with Crippen LogP contribution in [-0.2, 0) is 13.6 Å². The van der Waals surface area contributed by atoms with Crippen LogP contribution in [0.25, 0.3) is 16.9 Å². The van der Waals surface area contributed by atoms with Crippen molar-refractivity contribution in [1.29, 1.82) is 0 Å². The lowest BCUT2D eigenvalue weighted by Gasteiger charge is -2.06. The Morgan fingerprint density at radius 3 is 2.81 bits per heavy atom. The molecule has 0 fully saturated rings. The van der Waals surface area contributed by atoms with Crippen molar-refractivity contribution in [2.75, 3.05) is 0 Å². The third-order valence-electron chi connectivity index (χ3n) is 4.20. The molecule has 4 aromatic rings. The van der Waals surface area contributed by atoms with E-state index in [2.05, 4.69) is 20.4 Å². The van der Waals surface area contributed by atoms with Crippen molar-refractivity contribution in [2.24, 2.45) is 7.05 Å². The molecular formula is C19H18N6O. The van der Waals surface area contributed by atoms with Crippen LogP contribution in [0.1, 0.15) is 21.7 Å². The van der Waals surface area contributed by atoms with E-state index in [1.54, 1.807) is 21.5 Å². The lowest BCUT2D eigenvalue weighted by atomic mass is 10.2. The van der Waals surface area contributed by atoms with Gasteiger partial charge in [0.2, 0.25) is 0 Å². The number of nitrogens with one attached hydrogen (secondary N) is 1. The molecule has 1 N–H and O–H groups in total. The molecule has 0 aromatic carbocycles. The first-order valence-corrected chi connectivity index (χ1v) is 8.27. The van der Waals surface area contributed by atoms with Crippen LogP contribution in [0.2, 0.25) is 0 Å². The number of aromatic nitrogens is 5. The lowest BCUT2D eigenvalue weighted by Crippen LogP contribution is -2.25. The summed E-state index contributed by atoms with van der Waals surface area (Å²) in [5.41, 5.74) is 4.77. The van der Waals surface area contributed by atoms with E-state index in [0.29, 0.717) is 17.9 Å². The van der Waals surface area contributed by atoms with Gasteiger partial charge in [-0.15, -0.1) is 0 Å². The summed E-state index contributed by atoms with van der Waals surface area (Å²) in [5, 5.41) is 7.09. The molecule has 0 unspecified atom stereocenters. The zero-order valence-corrected chi connectivity index (χ0v) is 14.5. The molecule has 4 aromatic heterocycles. The quantitative estimate of drug-likeness (QED) is 0.615. The van der Waals surface area contributed by atoms with Gasteiger partial charge in [0.15, 0.2) is 0 Å². The summed E-state index contributed by atoms with van der Waals surface area (Å²) < 4.78 is 3.54. The molecule has 0 saturated heterocycles. The largest absolute Gasteiger partial charge is 0.347 e. The lowest BCUT2D eigenvalue weighted by molar-refractivity contribution is 0.0944. The van der Waals surface area contributed by atoms with E-state index in [4.69, 9.17) is 0 Å². The van der Waals surface area contributed by atoms with Crippen molar-refractivity contribution >= 4 is 11.6 Å². The molecular weight excluding hydrogens is 328 g/mol. The maximum Gasteiger partial charge on any atom is 0.270 e. The second-order valence-electron chi connectivity index (χ2n) is 6.11. The van der Waals surface area contributed by atoms with E-state index in [1.807, 2.05) is 56.7 Å². The topological polar surface area (TPSA) is 77.1 Å². The molecule has 0 atom stereocenters. The Kier molecular flexibility index (Phi) is 3.96. The molecule has 0 radical (unpaired) electrons. The normalized spacial score (nSPS) is 11.0. The number of carbonyl (C=O) groups is 1. The van der Waals surface area contributed by atoms with Gasteiger partial charge in [-0.1, -0.05) is 12.1 Å². The Morgan fingerprint density at radius 1 is 1.19 bits per heavy atom. The van der Waals surface area contributed by atoms with Gasteiger partial charge in [0.05, 0.1) is 17.6 Å². The van der Waals surface area contributed by atoms with Crippen molar-refractivity contribution in [3.05, 3.63) is 72.1 Å². The van der Waals surface area contributed by atoms with Crippen molar-refractivity contribution in [3.8, 4) is 11.3 Å². The highest BCUT2D eigenvalue weighted by Gasteiger charge is 2.15. The highest BCUT2D eigenvalue weighted by Crippen LogP contribution is 2.16. The van der Waals surface area contributed by atoms with E-state index in [0.717, 1.165) is 22.5 Å². The van der Waals surface area contributed by atoms with Crippen LogP contribution in [0.3, 0.4) is 0 Å². The molecule has 4 heterocycles. The predicted molar refractivity (Wildman–Crippen MR) is 97.5 cm³/mol. The number of nitrogens with zero attached hydrogens (tertiary/aromatic N) is 5. The third kappa shape index (κ3) is 2.95. The van der Waals surface area contributed by atoms with E-state index in [-0.39, 0.29) is 5.91 Å². The number of imidazole rings is 1. The van der Waals surface area contributed by atoms with Crippen LogP contribution in [-0.4, -0.2) is 30.1 Å². The van der Waals surface area contributed by atoms with Crippen molar-refractivity contribution in [2.45, 2.75) is 13.5 Å². The number of amides is 1. The average molecular weight is 346 g/mol. The molecule has 4 rings (SSSR count). The standard InChI is InChI=1S/C19H18N6O/c1-13-18(25-8-4-3-5-17(25)23-13)19(26)21-10-14-6-7-16(20-9-14)15-11-22-24(2)12-15/h3-9,11-12H,10H2,1-2H3,(H,21,26). The summed E-state index contributed by atoms with van der Waals surface area (Å²) in [6, 6.07) is 9.55. The van der Waals surface area contributed by atoms with Gasteiger partial charge in [0.1, 0.15) is 11.3 Å². The zero-order chi connectivity index (χ0) is 18.1. The van der Waals surface area contributed by atoms with Gasteiger partial charge in [-0.3, -0.25) is 18.9 Å². The number of hydrogen-bond donors (Lipinski definition) is 1. The zero-order valence-electron chi connectivity index (χ0n) is 14.5. The Bertz CT molecular complexity index is 1080. The first kappa shape index (κ1) is 16.0. The van der Waals surface area contributed by atoms with Crippen molar-refractivity contribution < 1.29 is 4.79 Å². The Balaban J connectivity index is 1.48. The minimum absolute atomic E-state index is 0.155. The monoisotopic (exact) mass is 346 g/mol.